The van der Waals surface area contributed by atoms with Gasteiger partial charge in [0.05, 0.1) is 0 Å². The summed E-state index contributed by atoms with van der Waals surface area (Å²) >= 11 is 0. The molecule has 1 N–H and O–H groups in total. The minimum atomic E-state index is -0.385. The molecule has 2 rings (SSSR count). The molecule has 68 valence electrons. The Morgan fingerprint density at radius 1 is 1.54 bits per heavy atom. The van der Waals surface area contributed by atoms with E-state index in [4.69, 9.17) is 0 Å². The summed E-state index contributed by atoms with van der Waals surface area (Å²) in [6, 6.07) is -0.614. The molecular weight excluding hydrogens is 170 g/mol. The van der Waals surface area contributed by atoms with Crippen molar-refractivity contribution in [2.24, 2.45) is 15.0 Å². The van der Waals surface area contributed by atoms with Gasteiger partial charge in [-0.1, -0.05) is 0 Å². The van der Waals surface area contributed by atoms with Crippen LogP contribution in [0.5, 0.6) is 0 Å². The van der Waals surface area contributed by atoms with Gasteiger partial charge in [0, 0.05) is 14.1 Å². The number of urea groups is 1. The zero-order valence-corrected chi connectivity index (χ0v) is 7.35. The maximum atomic E-state index is 11.1. The molecule has 0 fully saturated rings. The second-order valence-corrected chi connectivity index (χ2v) is 2.98. The van der Waals surface area contributed by atoms with Crippen molar-refractivity contribution >= 4 is 24.0 Å². The predicted molar refractivity (Wildman–Crippen MR) is 49.4 cm³/mol. The number of carbonyl (C=O) groups is 1. The third-order valence-electron chi connectivity index (χ3n) is 1.83. The fourth-order valence-electron chi connectivity index (χ4n) is 1.24. The van der Waals surface area contributed by atoms with Crippen molar-refractivity contribution < 1.29 is 4.79 Å². The lowest BCUT2D eigenvalue weighted by Gasteiger charge is -2.23. The van der Waals surface area contributed by atoms with Gasteiger partial charge < -0.3 is 4.90 Å². The second-order valence-electron chi connectivity index (χ2n) is 2.98. The summed E-state index contributed by atoms with van der Waals surface area (Å²) in [6.07, 6.45) is 1.44. The third kappa shape index (κ3) is 1.20. The summed E-state index contributed by atoms with van der Waals surface area (Å²) in [4.78, 5) is 24.7. The van der Waals surface area contributed by atoms with Crippen molar-refractivity contribution in [3.05, 3.63) is 0 Å². The van der Waals surface area contributed by atoms with Crippen LogP contribution >= 0.6 is 0 Å². The van der Waals surface area contributed by atoms with Crippen LogP contribution in [0.1, 0.15) is 0 Å². The van der Waals surface area contributed by atoms with Crippen LogP contribution in [0.3, 0.4) is 0 Å². The number of nitrogens with zero attached hydrogens (tertiary/aromatic N) is 4. The Morgan fingerprint density at radius 2 is 2.31 bits per heavy atom. The van der Waals surface area contributed by atoms with Crippen LogP contribution in [-0.4, -0.2) is 49.1 Å². The van der Waals surface area contributed by atoms with Crippen LogP contribution in [0.2, 0.25) is 0 Å². The minimum absolute atomic E-state index is 0.229. The van der Waals surface area contributed by atoms with Gasteiger partial charge in [-0.2, -0.15) is 4.99 Å². The SMILES string of the molecule is CN(C)C1=NC(=O)NC2=NC=NC21. The highest BCUT2D eigenvalue weighted by Gasteiger charge is 2.31. The molecule has 6 nitrogen and oxygen atoms in total. The summed E-state index contributed by atoms with van der Waals surface area (Å²) in [5, 5.41) is 2.54. The maximum absolute atomic E-state index is 11.1. The molecule has 0 spiro atoms. The topological polar surface area (TPSA) is 69.4 Å². The van der Waals surface area contributed by atoms with Gasteiger partial charge in [-0.05, 0) is 0 Å². The standard InChI is InChI=1S/C7H9N5O/c1-12(2)6-4-5(9-3-8-4)10-7(13)11-6/h3-4H,1-2H3,(H,8,9,10,13). The van der Waals surface area contributed by atoms with E-state index in [0.717, 1.165) is 0 Å². The highest BCUT2D eigenvalue weighted by Crippen LogP contribution is 2.09. The van der Waals surface area contributed by atoms with Gasteiger partial charge in [-0.25, -0.2) is 9.79 Å². The largest absolute Gasteiger partial charge is 0.364 e. The number of nitrogens with one attached hydrogen (secondary N) is 1. The molecule has 0 aromatic rings. The number of hydrogen-bond donors (Lipinski definition) is 1. The Morgan fingerprint density at radius 3 is 3.00 bits per heavy atom. The van der Waals surface area contributed by atoms with Crippen molar-refractivity contribution in [3.8, 4) is 0 Å². The summed E-state index contributed by atoms with van der Waals surface area (Å²) in [6.45, 7) is 0. The number of carbonyl (C=O) groups excluding carboxylic acids is 1. The van der Waals surface area contributed by atoms with E-state index in [-0.39, 0.29) is 12.1 Å². The van der Waals surface area contributed by atoms with Crippen molar-refractivity contribution in [3.63, 3.8) is 0 Å². The molecule has 0 radical (unpaired) electrons. The highest BCUT2D eigenvalue weighted by molar-refractivity contribution is 6.23. The number of rotatable bonds is 0. The molecule has 0 saturated heterocycles. The van der Waals surface area contributed by atoms with Crippen LogP contribution in [0, 0.1) is 0 Å². The zero-order chi connectivity index (χ0) is 9.42. The smallest absolute Gasteiger partial charge is 0.348 e. The highest BCUT2D eigenvalue weighted by atomic mass is 16.2. The molecule has 1 atom stereocenters. The summed E-state index contributed by atoms with van der Waals surface area (Å²) in [5.74, 6) is 1.18. The first kappa shape index (κ1) is 7.90. The molecule has 2 aliphatic rings. The number of amides is 2. The molecule has 13 heavy (non-hydrogen) atoms. The molecular formula is C7H9N5O. The van der Waals surface area contributed by atoms with Crippen molar-refractivity contribution in [1.82, 2.24) is 10.2 Å². The fraction of sp³-hybridized carbons (Fsp3) is 0.429. The van der Waals surface area contributed by atoms with Gasteiger partial charge in [-0.15, -0.1) is 0 Å². The second kappa shape index (κ2) is 2.65. The van der Waals surface area contributed by atoms with Crippen molar-refractivity contribution in [2.45, 2.75) is 6.04 Å². The van der Waals surface area contributed by atoms with Crippen LogP contribution in [0.15, 0.2) is 15.0 Å². The lowest BCUT2D eigenvalue weighted by molar-refractivity contribution is 0.252. The monoisotopic (exact) mass is 179 g/mol. The molecule has 0 aromatic heterocycles. The molecule has 6 heteroatoms. The Labute approximate surface area is 75.1 Å². The van der Waals surface area contributed by atoms with Crippen molar-refractivity contribution in [2.75, 3.05) is 14.1 Å². The summed E-state index contributed by atoms with van der Waals surface area (Å²) in [7, 11) is 3.64. The van der Waals surface area contributed by atoms with Crippen LogP contribution in [0.4, 0.5) is 4.79 Å². The zero-order valence-electron chi connectivity index (χ0n) is 7.35. The lowest BCUT2D eigenvalue weighted by Crippen LogP contribution is -2.49. The third-order valence-corrected chi connectivity index (χ3v) is 1.83. The Kier molecular flexibility index (Phi) is 1.61. The van der Waals surface area contributed by atoms with E-state index in [0.29, 0.717) is 11.7 Å². The normalized spacial score (nSPS) is 24.8. The van der Waals surface area contributed by atoms with E-state index >= 15 is 0 Å². The van der Waals surface area contributed by atoms with Gasteiger partial charge in [0.1, 0.15) is 18.0 Å². The summed E-state index contributed by atoms with van der Waals surface area (Å²) < 4.78 is 0. The van der Waals surface area contributed by atoms with E-state index in [1.54, 1.807) is 4.90 Å². The van der Waals surface area contributed by atoms with E-state index in [1.165, 1.54) is 6.34 Å². The number of aliphatic imine (C=N–C) groups is 3. The van der Waals surface area contributed by atoms with E-state index < -0.39 is 0 Å². The Hall–Kier alpha value is -1.72. The van der Waals surface area contributed by atoms with Crippen LogP contribution < -0.4 is 5.32 Å². The minimum Gasteiger partial charge on any atom is -0.364 e. The predicted octanol–water partition coefficient (Wildman–Crippen LogP) is -0.521. The Bertz CT molecular complexity index is 341. The molecule has 2 amide bonds. The van der Waals surface area contributed by atoms with E-state index in [9.17, 15) is 4.79 Å². The quantitative estimate of drug-likeness (QED) is 0.543. The first-order valence-corrected chi connectivity index (χ1v) is 3.84. The van der Waals surface area contributed by atoms with Gasteiger partial charge in [-0.3, -0.25) is 10.3 Å². The van der Waals surface area contributed by atoms with Gasteiger partial charge in [0.2, 0.25) is 0 Å². The van der Waals surface area contributed by atoms with Crippen LogP contribution in [0.25, 0.3) is 0 Å². The lowest BCUT2D eigenvalue weighted by atomic mass is 10.2. The van der Waals surface area contributed by atoms with Crippen LogP contribution in [-0.2, 0) is 0 Å². The summed E-state index contributed by atoms with van der Waals surface area (Å²) in [5.41, 5.74) is 0. The molecule has 0 saturated carbocycles. The Balaban J connectivity index is 2.38. The first-order valence-electron chi connectivity index (χ1n) is 3.84. The molecule has 0 aliphatic carbocycles. The average Bonchev–Trinajstić information content (AvgIpc) is 2.49. The van der Waals surface area contributed by atoms with Crippen molar-refractivity contribution in [1.29, 1.82) is 0 Å². The van der Waals surface area contributed by atoms with Gasteiger partial charge in [0.25, 0.3) is 0 Å². The average molecular weight is 179 g/mol. The molecule has 2 aliphatic heterocycles. The number of fused-ring (bicyclic) bond motifs is 1. The van der Waals surface area contributed by atoms with E-state index in [1.807, 2.05) is 14.1 Å². The van der Waals surface area contributed by atoms with E-state index in [2.05, 4.69) is 20.3 Å². The first-order chi connectivity index (χ1) is 6.18. The molecule has 0 aromatic carbocycles. The van der Waals surface area contributed by atoms with Gasteiger partial charge >= 0.3 is 6.03 Å². The maximum Gasteiger partial charge on any atom is 0.348 e. The van der Waals surface area contributed by atoms with Gasteiger partial charge in [0.15, 0.2) is 6.04 Å². The molecule has 1 unspecified atom stereocenters. The number of likely N-dealkylation sites (N-methyl/N-ethyl adjacent to an activating group) is 1. The molecule has 0 bridgehead atoms. The number of amidine groups is 2. The molecule has 2 heterocycles. The number of hydrogen-bond acceptors (Lipinski definition) is 4. The fourth-order valence-corrected chi connectivity index (χ4v) is 1.24.